The summed E-state index contributed by atoms with van der Waals surface area (Å²) in [7, 11) is 1.94. The molecule has 3 amide bonds. The molecule has 146 valence electrons. The molecule has 7 nitrogen and oxygen atoms in total. The van der Waals surface area contributed by atoms with Crippen LogP contribution in [0.5, 0.6) is 0 Å². The highest BCUT2D eigenvalue weighted by Gasteiger charge is 2.39. The van der Waals surface area contributed by atoms with E-state index in [-0.39, 0.29) is 29.6 Å². The highest BCUT2D eigenvalue weighted by atomic mass is 16.2. The van der Waals surface area contributed by atoms with Crippen LogP contribution in [0.3, 0.4) is 0 Å². The maximum absolute atomic E-state index is 13.0. The molecule has 0 radical (unpaired) electrons. The molecule has 7 heteroatoms. The van der Waals surface area contributed by atoms with E-state index >= 15 is 0 Å². The van der Waals surface area contributed by atoms with Gasteiger partial charge in [0, 0.05) is 38.2 Å². The first-order chi connectivity index (χ1) is 12.8. The fourth-order valence-corrected chi connectivity index (χ4v) is 3.91. The van der Waals surface area contributed by atoms with Gasteiger partial charge in [-0.3, -0.25) is 19.7 Å². The van der Waals surface area contributed by atoms with Gasteiger partial charge >= 0.3 is 0 Å². The summed E-state index contributed by atoms with van der Waals surface area (Å²) in [6, 6.07) is 5.28. The zero-order valence-electron chi connectivity index (χ0n) is 16.2. The van der Waals surface area contributed by atoms with E-state index in [1.165, 1.54) is 0 Å². The molecule has 1 fully saturated rings. The van der Waals surface area contributed by atoms with Crippen LogP contribution in [-0.4, -0.2) is 48.8 Å². The van der Waals surface area contributed by atoms with E-state index in [9.17, 15) is 14.4 Å². The summed E-state index contributed by atoms with van der Waals surface area (Å²) in [5.74, 6) is -0.762. The lowest BCUT2D eigenvalue weighted by atomic mass is 9.93. The Balaban J connectivity index is 1.71. The van der Waals surface area contributed by atoms with E-state index in [1.54, 1.807) is 4.90 Å². The number of rotatable bonds is 7. The van der Waals surface area contributed by atoms with E-state index < -0.39 is 6.04 Å². The summed E-state index contributed by atoms with van der Waals surface area (Å²) in [4.78, 5) is 38.2. The van der Waals surface area contributed by atoms with Gasteiger partial charge in [-0.1, -0.05) is 32.0 Å². The third-order valence-electron chi connectivity index (χ3n) is 5.21. The Morgan fingerprint density at radius 1 is 1.22 bits per heavy atom. The van der Waals surface area contributed by atoms with Crippen LogP contribution in [-0.2, 0) is 22.7 Å². The summed E-state index contributed by atoms with van der Waals surface area (Å²) in [6.45, 7) is 7.10. The first kappa shape index (κ1) is 19.5. The van der Waals surface area contributed by atoms with E-state index in [0.717, 1.165) is 24.2 Å². The second kappa shape index (κ2) is 7.78. The van der Waals surface area contributed by atoms with Gasteiger partial charge in [0.25, 0.3) is 5.91 Å². The van der Waals surface area contributed by atoms with Gasteiger partial charge in [0.1, 0.15) is 6.04 Å². The van der Waals surface area contributed by atoms with Gasteiger partial charge in [-0.15, -0.1) is 0 Å². The SMILES string of the molecule is CNCC(C)(C)CNCc1cccc2c1C(=O)N(C1CCC(=O)NC1=O)C2. The first-order valence-electron chi connectivity index (χ1n) is 9.43. The molecule has 0 aromatic heterocycles. The fourth-order valence-electron chi connectivity index (χ4n) is 3.91. The van der Waals surface area contributed by atoms with Crippen LogP contribution >= 0.6 is 0 Å². The Kier molecular flexibility index (Phi) is 5.62. The van der Waals surface area contributed by atoms with Crippen molar-refractivity contribution >= 4 is 17.7 Å². The predicted molar refractivity (Wildman–Crippen MR) is 102 cm³/mol. The van der Waals surface area contributed by atoms with Crippen molar-refractivity contribution in [2.75, 3.05) is 20.1 Å². The number of imide groups is 1. The predicted octanol–water partition coefficient (Wildman–Crippen LogP) is 0.783. The van der Waals surface area contributed by atoms with Gasteiger partial charge in [-0.2, -0.15) is 0 Å². The number of fused-ring (bicyclic) bond motifs is 1. The standard InChI is InChI=1S/C20H28N4O3/c1-20(2,11-21-3)12-22-9-13-5-4-6-14-10-24(19(27)17(13)14)15-7-8-16(25)23-18(15)26/h4-6,15,21-22H,7-12H2,1-3H3,(H,23,25,26). The normalized spacial score (nSPS) is 20.0. The zero-order chi connectivity index (χ0) is 19.6. The van der Waals surface area contributed by atoms with Crippen molar-refractivity contribution in [3.05, 3.63) is 34.9 Å². The summed E-state index contributed by atoms with van der Waals surface area (Å²) >= 11 is 0. The van der Waals surface area contributed by atoms with Crippen molar-refractivity contribution in [1.82, 2.24) is 20.9 Å². The number of hydrogen-bond donors (Lipinski definition) is 3. The summed E-state index contributed by atoms with van der Waals surface area (Å²) in [6.07, 6.45) is 0.654. The minimum Gasteiger partial charge on any atom is -0.322 e. The van der Waals surface area contributed by atoms with Crippen LogP contribution in [0.15, 0.2) is 18.2 Å². The molecule has 3 rings (SSSR count). The summed E-state index contributed by atoms with van der Waals surface area (Å²) in [5, 5.41) is 8.98. The highest BCUT2D eigenvalue weighted by molar-refractivity contribution is 6.05. The second-order valence-corrected chi connectivity index (χ2v) is 8.15. The number of nitrogens with one attached hydrogen (secondary N) is 3. The minimum absolute atomic E-state index is 0.107. The van der Waals surface area contributed by atoms with Gasteiger partial charge < -0.3 is 15.5 Å². The monoisotopic (exact) mass is 372 g/mol. The molecule has 27 heavy (non-hydrogen) atoms. The van der Waals surface area contributed by atoms with E-state index in [0.29, 0.717) is 25.1 Å². The molecular weight excluding hydrogens is 344 g/mol. The molecule has 1 saturated heterocycles. The van der Waals surface area contributed by atoms with E-state index in [2.05, 4.69) is 29.8 Å². The molecule has 2 aliphatic rings. The van der Waals surface area contributed by atoms with Crippen molar-refractivity contribution in [3.8, 4) is 0 Å². The molecular formula is C20H28N4O3. The van der Waals surface area contributed by atoms with Gasteiger partial charge in [0.05, 0.1) is 0 Å². The molecule has 0 bridgehead atoms. The van der Waals surface area contributed by atoms with Crippen LogP contribution in [0.2, 0.25) is 0 Å². The molecule has 1 aromatic carbocycles. The molecule has 1 unspecified atom stereocenters. The van der Waals surface area contributed by atoms with Crippen LogP contribution in [0.4, 0.5) is 0 Å². The Labute approximate surface area is 159 Å². The van der Waals surface area contributed by atoms with Gasteiger partial charge in [-0.25, -0.2) is 0 Å². The third-order valence-corrected chi connectivity index (χ3v) is 5.21. The highest BCUT2D eigenvalue weighted by Crippen LogP contribution is 2.29. The number of hydrogen-bond acceptors (Lipinski definition) is 5. The molecule has 2 aliphatic heterocycles. The smallest absolute Gasteiger partial charge is 0.255 e. The quantitative estimate of drug-likeness (QED) is 0.616. The van der Waals surface area contributed by atoms with Crippen LogP contribution in [0.25, 0.3) is 0 Å². The average molecular weight is 372 g/mol. The lowest BCUT2D eigenvalue weighted by Gasteiger charge is -2.29. The van der Waals surface area contributed by atoms with E-state index in [1.807, 2.05) is 25.2 Å². The zero-order valence-corrected chi connectivity index (χ0v) is 16.2. The van der Waals surface area contributed by atoms with Gasteiger partial charge in [0.2, 0.25) is 11.8 Å². The maximum Gasteiger partial charge on any atom is 0.255 e. The maximum atomic E-state index is 13.0. The second-order valence-electron chi connectivity index (χ2n) is 8.15. The fraction of sp³-hybridized carbons (Fsp3) is 0.550. The number of carbonyl (C=O) groups excluding carboxylic acids is 3. The van der Waals surface area contributed by atoms with Crippen molar-refractivity contribution in [2.24, 2.45) is 5.41 Å². The number of benzene rings is 1. The van der Waals surface area contributed by atoms with Crippen LogP contribution in [0, 0.1) is 5.41 Å². The molecule has 2 heterocycles. The Hall–Kier alpha value is -2.25. The third kappa shape index (κ3) is 4.20. The largest absolute Gasteiger partial charge is 0.322 e. The van der Waals surface area contributed by atoms with Crippen molar-refractivity contribution < 1.29 is 14.4 Å². The molecule has 0 spiro atoms. The molecule has 1 atom stereocenters. The summed E-state index contributed by atoms with van der Waals surface area (Å²) < 4.78 is 0. The number of piperidine rings is 1. The van der Waals surface area contributed by atoms with Crippen LogP contribution in [0.1, 0.15) is 48.2 Å². The lowest BCUT2D eigenvalue weighted by molar-refractivity contribution is -0.136. The van der Waals surface area contributed by atoms with Gasteiger partial charge in [-0.05, 0) is 30.0 Å². The first-order valence-corrected chi connectivity index (χ1v) is 9.43. The topological polar surface area (TPSA) is 90.5 Å². The molecule has 0 aliphatic carbocycles. The van der Waals surface area contributed by atoms with Crippen LogP contribution < -0.4 is 16.0 Å². The molecule has 3 N–H and O–H groups in total. The minimum atomic E-state index is -0.571. The van der Waals surface area contributed by atoms with E-state index in [4.69, 9.17) is 0 Å². The van der Waals surface area contributed by atoms with Crippen molar-refractivity contribution in [3.63, 3.8) is 0 Å². The number of nitrogens with zero attached hydrogens (tertiary/aromatic N) is 1. The Bertz CT molecular complexity index is 760. The lowest BCUT2D eigenvalue weighted by Crippen LogP contribution is -2.52. The van der Waals surface area contributed by atoms with Gasteiger partial charge in [0.15, 0.2) is 0 Å². The average Bonchev–Trinajstić information content (AvgIpc) is 2.92. The number of amides is 3. The molecule has 1 aromatic rings. The number of carbonyl (C=O) groups is 3. The Morgan fingerprint density at radius 3 is 2.70 bits per heavy atom. The summed E-state index contributed by atoms with van der Waals surface area (Å²) in [5.41, 5.74) is 2.70. The molecule has 0 saturated carbocycles. The van der Waals surface area contributed by atoms with Crippen molar-refractivity contribution in [2.45, 2.75) is 45.8 Å². The van der Waals surface area contributed by atoms with Crippen molar-refractivity contribution in [1.29, 1.82) is 0 Å². The Morgan fingerprint density at radius 2 is 2.00 bits per heavy atom.